The summed E-state index contributed by atoms with van der Waals surface area (Å²) in [5.74, 6) is 0.384. The van der Waals surface area contributed by atoms with E-state index in [0.29, 0.717) is 5.56 Å². The van der Waals surface area contributed by atoms with Gasteiger partial charge in [-0.2, -0.15) is 0 Å². The van der Waals surface area contributed by atoms with Gasteiger partial charge in [-0.15, -0.1) is 0 Å². The van der Waals surface area contributed by atoms with E-state index in [-0.39, 0.29) is 18.5 Å². The monoisotopic (exact) mass is 345 g/mol. The number of rotatable bonds is 5. The summed E-state index contributed by atoms with van der Waals surface area (Å²) in [5, 5.41) is 20.0. The highest BCUT2D eigenvalue weighted by molar-refractivity contribution is 5.77. The Morgan fingerprint density at radius 2 is 1.92 bits per heavy atom. The average molecular weight is 345 g/mol. The Hall–Kier alpha value is -2.60. The normalized spacial score (nSPS) is 11.1. The van der Waals surface area contributed by atoms with Crippen LogP contribution in [0.15, 0.2) is 42.5 Å². The van der Waals surface area contributed by atoms with E-state index in [2.05, 4.69) is 5.32 Å². The van der Waals surface area contributed by atoms with E-state index in [1.54, 1.807) is 40.1 Å². The number of nitrogens with one attached hydrogen (secondary N) is 2. The first-order valence-corrected chi connectivity index (χ1v) is 7.91. The molecule has 0 amide bonds. The zero-order valence-electron chi connectivity index (χ0n) is 14.9. The molecule has 0 atom stereocenters. The number of halogens is 1. The molecule has 25 heavy (non-hydrogen) atoms. The number of benzene rings is 2. The van der Waals surface area contributed by atoms with E-state index in [1.807, 2.05) is 24.3 Å². The molecule has 3 N–H and O–H groups in total. The molecule has 134 valence electrons. The van der Waals surface area contributed by atoms with E-state index in [1.165, 1.54) is 11.0 Å². The van der Waals surface area contributed by atoms with Gasteiger partial charge in [0.05, 0.1) is 12.6 Å². The Morgan fingerprint density at radius 3 is 2.56 bits per heavy atom. The Morgan fingerprint density at radius 1 is 1.24 bits per heavy atom. The second-order valence-corrected chi connectivity index (χ2v) is 6.36. The van der Waals surface area contributed by atoms with Crippen molar-refractivity contribution in [1.29, 1.82) is 5.41 Å². The number of methoxy groups -OCH3 is 1. The molecule has 0 bridgehead atoms. The van der Waals surface area contributed by atoms with Crippen LogP contribution in [-0.4, -0.2) is 36.9 Å². The maximum atomic E-state index is 14.5. The second kappa shape index (κ2) is 7.53. The number of ether oxygens (including phenoxy) is 1. The molecule has 0 fully saturated rings. The van der Waals surface area contributed by atoms with Crippen LogP contribution in [0.3, 0.4) is 0 Å². The van der Waals surface area contributed by atoms with Gasteiger partial charge in [0, 0.05) is 12.6 Å². The highest BCUT2D eigenvalue weighted by Gasteiger charge is 2.26. The van der Waals surface area contributed by atoms with Crippen molar-refractivity contribution in [3.63, 3.8) is 0 Å². The van der Waals surface area contributed by atoms with Crippen LogP contribution < -0.4 is 10.1 Å². The molecule has 2 aromatic carbocycles. The molecular formula is C19H24FN3O2. The third-order valence-corrected chi connectivity index (χ3v) is 4.07. The fourth-order valence-electron chi connectivity index (χ4n) is 2.52. The second-order valence-electron chi connectivity index (χ2n) is 6.36. The van der Waals surface area contributed by atoms with E-state index in [4.69, 9.17) is 15.3 Å². The lowest BCUT2D eigenvalue weighted by Gasteiger charge is -2.31. The van der Waals surface area contributed by atoms with Crippen molar-refractivity contribution in [2.75, 3.05) is 20.9 Å². The molecule has 6 heteroatoms. The molecule has 0 unspecified atom stereocenters. The molecule has 5 nitrogen and oxygen atoms in total. The predicted octanol–water partition coefficient (Wildman–Crippen LogP) is 3.14. The zero-order chi connectivity index (χ0) is 18.6. The summed E-state index contributed by atoms with van der Waals surface area (Å²) < 4.78 is 19.7. The predicted molar refractivity (Wildman–Crippen MR) is 97.1 cm³/mol. The minimum absolute atomic E-state index is 0.0127. The standard InChI is InChI=1S/C19H24FN3O2/c1-19(2,22-18(21)23(3)12-24)16-11-14(8-9-17(16)20)13-6-5-7-15(10-13)25-4/h5-11,24H,12H2,1-4H3,(H2,21,22). The van der Waals surface area contributed by atoms with Crippen LogP contribution in [0.25, 0.3) is 11.1 Å². The van der Waals surface area contributed by atoms with Gasteiger partial charge in [0.25, 0.3) is 0 Å². The van der Waals surface area contributed by atoms with Gasteiger partial charge in [0.1, 0.15) is 18.3 Å². The molecule has 0 aliphatic carbocycles. The van der Waals surface area contributed by atoms with Crippen molar-refractivity contribution >= 4 is 5.96 Å². The molecule has 2 rings (SSSR count). The van der Waals surface area contributed by atoms with Gasteiger partial charge >= 0.3 is 0 Å². The quantitative estimate of drug-likeness (QED) is 0.442. The highest BCUT2D eigenvalue weighted by Crippen LogP contribution is 2.30. The minimum atomic E-state index is -0.834. The molecule has 2 aromatic rings. The molecule has 0 radical (unpaired) electrons. The first-order chi connectivity index (χ1) is 11.8. The topological polar surface area (TPSA) is 68.6 Å². The summed E-state index contributed by atoms with van der Waals surface area (Å²) in [6.45, 7) is 3.29. The lowest BCUT2D eigenvalue weighted by atomic mass is 9.90. The van der Waals surface area contributed by atoms with Gasteiger partial charge in [-0.3, -0.25) is 5.41 Å². The van der Waals surface area contributed by atoms with Crippen LogP contribution in [0.4, 0.5) is 4.39 Å². The Balaban J connectivity index is 2.39. The molecule has 0 saturated heterocycles. The van der Waals surface area contributed by atoms with Gasteiger partial charge in [-0.25, -0.2) is 4.39 Å². The number of nitrogens with zero attached hydrogens (tertiary/aromatic N) is 1. The van der Waals surface area contributed by atoms with Gasteiger partial charge in [0.2, 0.25) is 0 Å². The summed E-state index contributed by atoms with van der Waals surface area (Å²) in [4.78, 5) is 1.32. The van der Waals surface area contributed by atoms with Gasteiger partial charge in [-0.05, 0) is 49.2 Å². The van der Waals surface area contributed by atoms with Gasteiger partial charge in [0.15, 0.2) is 5.96 Å². The number of guanidine groups is 1. The zero-order valence-corrected chi connectivity index (χ0v) is 14.9. The lowest BCUT2D eigenvalue weighted by molar-refractivity contribution is 0.184. The van der Waals surface area contributed by atoms with Crippen molar-refractivity contribution in [2.24, 2.45) is 0 Å². The number of hydrogen-bond donors (Lipinski definition) is 3. The molecular weight excluding hydrogens is 321 g/mol. The van der Waals surface area contributed by atoms with Crippen molar-refractivity contribution in [3.8, 4) is 16.9 Å². The Labute approximate surface area is 147 Å². The summed E-state index contributed by atoms with van der Waals surface area (Å²) in [5.41, 5.74) is 1.37. The smallest absolute Gasteiger partial charge is 0.193 e. The van der Waals surface area contributed by atoms with Crippen LogP contribution >= 0.6 is 0 Å². The molecule has 0 saturated carbocycles. The van der Waals surface area contributed by atoms with E-state index in [9.17, 15) is 4.39 Å². The van der Waals surface area contributed by atoms with Crippen LogP contribution in [-0.2, 0) is 5.54 Å². The average Bonchev–Trinajstić information content (AvgIpc) is 2.60. The SMILES string of the molecule is COc1cccc(-c2ccc(F)c(C(C)(C)NC(=N)N(C)CO)c2)c1. The fourth-order valence-corrected chi connectivity index (χ4v) is 2.52. The van der Waals surface area contributed by atoms with Crippen LogP contribution in [0.1, 0.15) is 19.4 Å². The minimum Gasteiger partial charge on any atom is -0.497 e. The van der Waals surface area contributed by atoms with Crippen molar-refractivity contribution < 1.29 is 14.2 Å². The van der Waals surface area contributed by atoms with Crippen LogP contribution in [0.5, 0.6) is 5.75 Å². The molecule has 0 aliphatic rings. The van der Waals surface area contributed by atoms with Crippen molar-refractivity contribution in [2.45, 2.75) is 19.4 Å². The van der Waals surface area contributed by atoms with Gasteiger partial charge < -0.3 is 20.1 Å². The van der Waals surface area contributed by atoms with Crippen LogP contribution in [0, 0.1) is 11.2 Å². The number of aliphatic hydroxyl groups is 1. The molecule has 0 aliphatic heterocycles. The summed E-state index contributed by atoms with van der Waals surface area (Å²) in [6.07, 6.45) is 0. The third kappa shape index (κ3) is 4.28. The summed E-state index contributed by atoms with van der Waals surface area (Å²) in [6, 6.07) is 12.5. The third-order valence-electron chi connectivity index (χ3n) is 4.07. The molecule has 0 spiro atoms. The van der Waals surface area contributed by atoms with Crippen molar-refractivity contribution in [3.05, 3.63) is 53.8 Å². The fraction of sp³-hybridized carbons (Fsp3) is 0.316. The first kappa shape index (κ1) is 18.7. The number of hydrogen-bond acceptors (Lipinski definition) is 3. The molecule has 0 heterocycles. The Kier molecular flexibility index (Phi) is 5.64. The van der Waals surface area contributed by atoms with Crippen LogP contribution in [0.2, 0.25) is 0 Å². The maximum absolute atomic E-state index is 14.5. The summed E-state index contributed by atoms with van der Waals surface area (Å²) >= 11 is 0. The maximum Gasteiger partial charge on any atom is 0.193 e. The molecule has 0 aromatic heterocycles. The highest BCUT2D eigenvalue weighted by atomic mass is 19.1. The van der Waals surface area contributed by atoms with E-state index < -0.39 is 5.54 Å². The first-order valence-electron chi connectivity index (χ1n) is 7.91. The number of aliphatic hydroxyl groups excluding tert-OH is 1. The summed E-state index contributed by atoms with van der Waals surface area (Å²) in [7, 11) is 3.18. The van der Waals surface area contributed by atoms with Crippen molar-refractivity contribution in [1.82, 2.24) is 10.2 Å². The van der Waals surface area contributed by atoms with Gasteiger partial charge in [-0.1, -0.05) is 18.2 Å². The van der Waals surface area contributed by atoms with E-state index >= 15 is 0 Å². The van der Waals surface area contributed by atoms with E-state index in [0.717, 1.165) is 16.9 Å². The Bertz CT molecular complexity index is 762. The lowest BCUT2D eigenvalue weighted by Crippen LogP contribution is -2.48. The largest absolute Gasteiger partial charge is 0.497 e.